The number of ether oxygens (including phenoxy) is 2. The van der Waals surface area contributed by atoms with Gasteiger partial charge in [-0.25, -0.2) is 9.97 Å². The molecule has 0 atom stereocenters. The summed E-state index contributed by atoms with van der Waals surface area (Å²) in [7, 11) is 0. The van der Waals surface area contributed by atoms with Gasteiger partial charge in [-0.2, -0.15) is 0 Å². The molecule has 3 rings (SSSR count). The highest BCUT2D eigenvalue weighted by atomic mass is 35.5. The molecule has 19 heavy (non-hydrogen) atoms. The Labute approximate surface area is 120 Å². The molecule has 0 bridgehead atoms. The van der Waals surface area contributed by atoms with Crippen LogP contribution in [0, 0.1) is 0 Å². The van der Waals surface area contributed by atoms with Crippen molar-refractivity contribution < 1.29 is 9.47 Å². The molecular formula is C13H10Cl2N2O2. The van der Waals surface area contributed by atoms with E-state index in [1.54, 1.807) is 6.07 Å². The van der Waals surface area contributed by atoms with Gasteiger partial charge < -0.3 is 9.47 Å². The molecule has 0 unspecified atom stereocenters. The van der Waals surface area contributed by atoms with E-state index < -0.39 is 0 Å². The molecule has 0 aliphatic carbocycles. The Bertz CT molecular complexity index is 599. The van der Waals surface area contributed by atoms with Crippen LogP contribution in [0.2, 0.25) is 10.4 Å². The van der Waals surface area contributed by atoms with Gasteiger partial charge in [0.25, 0.3) is 0 Å². The minimum absolute atomic E-state index is 0.120. The largest absolute Gasteiger partial charge is 0.490 e. The Morgan fingerprint density at radius 1 is 0.947 bits per heavy atom. The number of aromatic nitrogens is 2. The Morgan fingerprint density at radius 3 is 2.53 bits per heavy atom. The zero-order valence-corrected chi connectivity index (χ0v) is 11.4. The summed E-state index contributed by atoms with van der Waals surface area (Å²) in [5, 5.41) is 0.428. The Kier molecular flexibility index (Phi) is 3.44. The quantitative estimate of drug-likeness (QED) is 0.596. The fourth-order valence-electron chi connectivity index (χ4n) is 1.86. The van der Waals surface area contributed by atoms with Crippen LogP contribution >= 0.6 is 23.2 Å². The van der Waals surface area contributed by atoms with E-state index in [-0.39, 0.29) is 5.28 Å². The maximum absolute atomic E-state index is 5.88. The topological polar surface area (TPSA) is 44.2 Å². The molecule has 1 aromatic heterocycles. The molecule has 0 spiro atoms. The smallest absolute Gasteiger partial charge is 0.224 e. The maximum Gasteiger partial charge on any atom is 0.224 e. The summed E-state index contributed by atoms with van der Waals surface area (Å²) < 4.78 is 11.2. The summed E-state index contributed by atoms with van der Waals surface area (Å²) in [5.74, 6) is 1.45. The molecule has 98 valence electrons. The summed E-state index contributed by atoms with van der Waals surface area (Å²) in [6.45, 7) is 1.30. The van der Waals surface area contributed by atoms with Crippen LogP contribution in [0.1, 0.15) is 6.42 Å². The second-order valence-electron chi connectivity index (χ2n) is 4.06. The van der Waals surface area contributed by atoms with Crippen molar-refractivity contribution in [1.29, 1.82) is 0 Å². The zero-order chi connectivity index (χ0) is 13.2. The lowest BCUT2D eigenvalue weighted by atomic mass is 10.1. The summed E-state index contributed by atoms with van der Waals surface area (Å²) in [5.41, 5.74) is 1.51. The zero-order valence-electron chi connectivity index (χ0n) is 9.90. The van der Waals surface area contributed by atoms with Crippen molar-refractivity contribution in [3.05, 3.63) is 34.7 Å². The average molecular weight is 297 g/mol. The van der Waals surface area contributed by atoms with Gasteiger partial charge in [0.2, 0.25) is 5.28 Å². The van der Waals surface area contributed by atoms with Gasteiger partial charge in [-0.05, 0) is 29.8 Å². The first-order valence-corrected chi connectivity index (χ1v) is 6.58. The van der Waals surface area contributed by atoms with Crippen molar-refractivity contribution in [2.24, 2.45) is 0 Å². The first-order valence-electron chi connectivity index (χ1n) is 5.82. The third-order valence-electron chi connectivity index (χ3n) is 2.71. The van der Waals surface area contributed by atoms with E-state index in [4.69, 9.17) is 32.7 Å². The second kappa shape index (κ2) is 5.23. The van der Waals surface area contributed by atoms with Gasteiger partial charge in [-0.3, -0.25) is 0 Å². The summed E-state index contributed by atoms with van der Waals surface area (Å²) in [6.07, 6.45) is 0.870. The molecule has 4 nitrogen and oxygen atoms in total. The molecule has 6 heteroatoms. The van der Waals surface area contributed by atoms with Gasteiger partial charge >= 0.3 is 0 Å². The molecular weight excluding hydrogens is 287 g/mol. The lowest BCUT2D eigenvalue weighted by Gasteiger charge is -2.09. The molecule has 1 aliphatic rings. The molecule has 0 radical (unpaired) electrons. The van der Waals surface area contributed by atoms with E-state index in [1.807, 2.05) is 18.2 Å². The van der Waals surface area contributed by atoms with Crippen molar-refractivity contribution in [2.45, 2.75) is 6.42 Å². The average Bonchev–Trinajstić information content (AvgIpc) is 2.61. The van der Waals surface area contributed by atoms with Gasteiger partial charge in [0.15, 0.2) is 11.5 Å². The number of halogens is 2. The first kappa shape index (κ1) is 12.5. The van der Waals surface area contributed by atoms with E-state index >= 15 is 0 Å². The van der Waals surface area contributed by atoms with Crippen LogP contribution in [0.4, 0.5) is 0 Å². The van der Waals surface area contributed by atoms with Crippen molar-refractivity contribution in [1.82, 2.24) is 9.97 Å². The van der Waals surface area contributed by atoms with Crippen LogP contribution < -0.4 is 9.47 Å². The van der Waals surface area contributed by atoms with Crippen LogP contribution in [0.15, 0.2) is 24.3 Å². The second-order valence-corrected chi connectivity index (χ2v) is 4.78. The third-order valence-corrected chi connectivity index (χ3v) is 3.07. The molecule has 2 heterocycles. The van der Waals surface area contributed by atoms with E-state index in [1.165, 1.54) is 0 Å². The van der Waals surface area contributed by atoms with Crippen LogP contribution in [0.25, 0.3) is 11.3 Å². The predicted octanol–water partition coefficient (Wildman–Crippen LogP) is 3.61. The van der Waals surface area contributed by atoms with Gasteiger partial charge in [0.1, 0.15) is 5.15 Å². The number of nitrogens with zero attached hydrogens (tertiary/aromatic N) is 2. The molecule has 2 aromatic rings. The van der Waals surface area contributed by atoms with Crippen molar-refractivity contribution >= 4 is 23.2 Å². The van der Waals surface area contributed by atoms with Crippen LogP contribution in [-0.4, -0.2) is 23.2 Å². The van der Waals surface area contributed by atoms with Crippen molar-refractivity contribution in [3.8, 4) is 22.8 Å². The van der Waals surface area contributed by atoms with Gasteiger partial charge in [0.05, 0.1) is 18.9 Å². The maximum atomic E-state index is 5.88. The molecule has 0 saturated heterocycles. The van der Waals surface area contributed by atoms with Gasteiger partial charge in [0, 0.05) is 18.1 Å². The summed E-state index contributed by atoms with van der Waals surface area (Å²) in [6, 6.07) is 7.28. The van der Waals surface area contributed by atoms with E-state index in [0.717, 1.165) is 17.7 Å². The third kappa shape index (κ3) is 2.74. The molecule has 0 N–H and O–H groups in total. The standard InChI is InChI=1S/C13H10Cl2N2O2/c14-12-7-9(16-13(15)17-12)8-2-3-10-11(6-8)19-5-1-4-18-10/h2-3,6-7H,1,4-5H2. The molecule has 0 fully saturated rings. The highest BCUT2D eigenvalue weighted by Crippen LogP contribution is 2.34. The van der Waals surface area contributed by atoms with Crippen LogP contribution in [0.3, 0.4) is 0 Å². The predicted molar refractivity (Wildman–Crippen MR) is 73.1 cm³/mol. The number of rotatable bonds is 1. The minimum atomic E-state index is 0.120. The fourth-order valence-corrected chi connectivity index (χ4v) is 2.27. The number of hydrogen-bond donors (Lipinski definition) is 0. The molecule has 1 aliphatic heterocycles. The van der Waals surface area contributed by atoms with E-state index in [9.17, 15) is 0 Å². The molecule has 1 aromatic carbocycles. The highest BCUT2D eigenvalue weighted by Gasteiger charge is 2.12. The Morgan fingerprint density at radius 2 is 1.74 bits per heavy atom. The van der Waals surface area contributed by atoms with Crippen LogP contribution in [-0.2, 0) is 0 Å². The summed E-state index contributed by atoms with van der Waals surface area (Å²) >= 11 is 11.7. The lowest BCUT2D eigenvalue weighted by Crippen LogP contribution is -1.97. The van der Waals surface area contributed by atoms with Gasteiger partial charge in [-0.1, -0.05) is 11.6 Å². The number of hydrogen-bond acceptors (Lipinski definition) is 4. The first-order chi connectivity index (χ1) is 9.22. The molecule has 0 amide bonds. The summed E-state index contributed by atoms with van der Waals surface area (Å²) in [4.78, 5) is 7.98. The fraction of sp³-hybridized carbons (Fsp3) is 0.231. The number of fused-ring (bicyclic) bond motifs is 1. The Balaban J connectivity index is 2.03. The van der Waals surface area contributed by atoms with Crippen LogP contribution in [0.5, 0.6) is 11.5 Å². The van der Waals surface area contributed by atoms with Gasteiger partial charge in [-0.15, -0.1) is 0 Å². The lowest BCUT2D eigenvalue weighted by molar-refractivity contribution is 0.297. The van der Waals surface area contributed by atoms with Crippen molar-refractivity contribution in [3.63, 3.8) is 0 Å². The SMILES string of the molecule is Clc1cc(-c2ccc3c(c2)OCCCO3)nc(Cl)n1. The normalized spacial score (nSPS) is 14.0. The number of benzene rings is 1. The minimum Gasteiger partial charge on any atom is -0.490 e. The van der Waals surface area contributed by atoms with E-state index in [2.05, 4.69) is 9.97 Å². The van der Waals surface area contributed by atoms with E-state index in [0.29, 0.717) is 29.8 Å². The Hall–Kier alpha value is -1.52. The monoisotopic (exact) mass is 296 g/mol. The van der Waals surface area contributed by atoms with Crippen molar-refractivity contribution in [2.75, 3.05) is 13.2 Å². The highest BCUT2D eigenvalue weighted by molar-refractivity contribution is 6.32. The molecule has 0 saturated carbocycles.